The number of nitrogens with zero attached hydrogens (tertiary/aromatic N) is 2. The van der Waals surface area contributed by atoms with Crippen molar-refractivity contribution in [2.75, 3.05) is 5.01 Å². The average Bonchev–Trinajstić information content (AvgIpc) is 2.83. The topological polar surface area (TPSA) is 52.9 Å². The predicted octanol–water partition coefficient (Wildman–Crippen LogP) is 2.53. The lowest BCUT2D eigenvalue weighted by Crippen LogP contribution is -2.19. The summed E-state index contributed by atoms with van der Waals surface area (Å²) in [5.74, 6) is 0.155. The number of carbonyl (C=O) groups excluding carboxylic acids is 1. The molecule has 1 heterocycles. The van der Waals surface area contributed by atoms with Gasteiger partial charge in [-0.05, 0) is 42.0 Å². The van der Waals surface area contributed by atoms with E-state index in [4.69, 9.17) is 0 Å². The zero-order valence-electron chi connectivity index (χ0n) is 10.2. The van der Waals surface area contributed by atoms with Crippen molar-refractivity contribution in [3.63, 3.8) is 0 Å². The van der Waals surface area contributed by atoms with E-state index in [2.05, 4.69) is 5.10 Å². The smallest absolute Gasteiger partial charge is 0.253 e. The Balaban J connectivity index is 1.93. The van der Waals surface area contributed by atoms with Crippen LogP contribution in [0.2, 0.25) is 0 Å². The van der Waals surface area contributed by atoms with Crippen LogP contribution in [0.1, 0.15) is 12.0 Å². The third-order valence-electron chi connectivity index (χ3n) is 2.98. The zero-order valence-corrected chi connectivity index (χ0v) is 10.2. The lowest BCUT2D eigenvalue weighted by molar-refractivity contribution is -0.116. The van der Waals surface area contributed by atoms with Gasteiger partial charge < -0.3 is 5.11 Å². The molecule has 0 saturated heterocycles. The van der Waals surface area contributed by atoms with Gasteiger partial charge in [0.2, 0.25) is 0 Å². The normalized spacial score (nSPS) is 14.6. The first-order valence-corrected chi connectivity index (χ1v) is 5.99. The van der Waals surface area contributed by atoms with Gasteiger partial charge in [0.25, 0.3) is 5.91 Å². The number of para-hydroxylation sites is 1. The molecule has 1 N–H and O–H groups in total. The Labute approximate surface area is 110 Å². The summed E-state index contributed by atoms with van der Waals surface area (Å²) in [6.45, 7) is 0. The van der Waals surface area contributed by atoms with Crippen LogP contribution in [0.15, 0.2) is 59.7 Å². The number of hydrogen-bond acceptors (Lipinski definition) is 3. The van der Waals surface area contributed by atoms with Crippen LogP contribution in [-0.4, -0.2) is 16.7 Å². The first-order valence-electron chi connectivity index (χ1n) is 5.99. The summed E-state index contributed by atoms with van der Waals surface area (Å²) >= 11 is 0. The highest BCUT2D eigenvalue weighted by molar-refractivity contribution is 6.19. The summed E-state index contributed by atoms with van der Waals surface area (Å²) in [4.78, 5) is 12.0. The Morgan fingerprint density at radius 2 is 1.68 bits per heavy atom. The molecular formula is C15H12N2O2. The van der Waals surface area contributed by atoms with E-state index in [0.29, 0.717) is 5.71 Å². The van der Waals surface area contributed by atoms with Crippen LogP contribution in [0, 0.1) is 0 Å². The number of aromatic hydroxyl groups is 1. The van der Waals surface area contributed by atoms with Crippen LogP contribution in [0.4, 0.5) is 5.69 Å². The summed E-state index contributed by atoms with van der Waals surface area (Å²) in [6, 6.07) is 16.0. The SMILES string of the molecule is O=C1CC(c2ccc(O)cc2)=NN1c1ccccc1. The quantitative estimate of drug-likeness (QED) is 0.892. The monoisotopic (exact) mass is 252 g/mol. The third kappa shape index (κ3) is 2.20. The predicted molar refractivity (Wildman–Crippen MR) is 73.2 cm³/mol. The van der Waals surface area contributed by atoms with Gasteiger partial charge in [-0.1, -0.05) is 18.2 Å². The summed E-state index contributed by atoms with van der Waals surface area (Å²) in [5, 5.41) is 15.0. The minimum atomic E-state index is -0.0470. The van der Waals surface area contributed by atoms with Crippen molar-refractivity contribution in [3.8, 4) is 5.75 Å². The Bertz CT molecular complexity index is 633. The van der Waals surface area contributed by atoms with E-state index >= 15 is 0 Å². The number of amides is 1. The van der Waals surface area contributed by atoms with Gasteiger partial charge in [-0.3, -0.25) is 4.79 Å². The van der Waals surface area contributed by atoms with Crippen molar-refractivity contribution in [1.29, 1.82) is 0 Å². The molecule has 4 nitrogen and oxygen atoms in total. The van der Waals surface area contributed by atoms with E-state index in [-0.39, 0.29) is 18.1 Å². The fourth-order valence-electron chi connectivity index (χ4n) is 2.01. The van der Waals surface area contributed by atoms with Gasteiger partial charge in [-0.25, -0.2) is 5.01 Å². The summed E-state index contributed by atoms with van der Waals surface area (Å²) in [5.41, 5.74) is 2.33. The van der Waals surface area contributed by atoms with Gasteiger partial charge in [0.15, 0.2) is 0 Å². The van der Waals surface area contributed by atoms with E-state index in [1.165, 1.54) is 5.01 Å². The molecule has 0 aliphatic carbocycles. The Kier molecular flexibility index (Phi) is 2.76. The van der Waals surface area contributed by atoms with E-state index in [0.717, 1.165) is 11.3 Å². The fourth-order valence-corrected chi connectivity index (χ4v) is 2.01. The summed E-state index contributed by atoms with van der Waals surface area (Å²) in [7, 11) is 0. The maximum absolute atomic E-state index is 12.0. The summed E-state index contributed by atoms with van der Waals surface area (Å²) < 4.78 is 0. The van der Waals surface area contributed by atoms with Crippen LogP contribution >= 0.6 is 0 Å². The molecule has 0 unspecified atom stereocenters. The lowest BCUT2D eigenvalue weighted by Gasteiger charge is -2.10. The lowest BCUT2D eigenvalue weighted by atomic mass is 10.1. The van der Waals surface area contributed by atoms with Crippen molar-refractivity contribution >= 4 is 17.3 Å². The molecule has 0 bridgehead atoms. The standard InChI is InChI=1S/C15H12N2O2/c18-13-8-6-11(7-9-13)14-10-15(19)17(16-14)12-4-2-1-3-5-12/h1-9,18H,10H2. The molecule has 19 heavy (non-hydrogen) atoms. The van der Waals surface area contributed by atoms with Crippen LogP contribution in [-0.2, 0) is 4.79 Å². The molecule has 0 aromatic heterocycles. The molecule has 0 saturated carbocycles. The van der Waals surface area contributed by atoms with Crippen molar-refractivity contribution < 1.29 is 9.90 Å². The van der Waals surface area contributed by atoms with Gasteiger partial charge in [0, 0.05) is 0 Å². The minimum absolute atomic E-state index is 0.0470. The average molecular weight is 252 g/mol. The van der Waals surface area contributed by atoms with E-state index in [1.54, 1.807) is 24.3 Å². The molecule has 0 radical (unpaired) electrons. The van der Waals surface area contributed by atoms with Gasteiger partial charge >= 0.3 is 0 Å². The molecule has 0 atom stereocenters. The van der Waals surface area contributed by atoms with Crippen LogP contribution in [0.5, 0.6) is 5.75 Å². The maximum atomic E-state index is 12.0. The van der Waals surface area contributed by atoms with Crippen molar-refractivity contribution in [3.05, 3.63) is 60.2 Å². The second-order valence-electron chi connectivity index (χ2n) is 4.31. The number of rotatable bonds is 2. The van der Waals surface area contributed by atoms with Gasteiger partial charge in [0.1, 0.15) is 5.75 Å². The highest BCUT2D eigenvalue weighted by Gasteiger charge is 2.25. The molecule has 1 aliphatic rings. The Hall–Kier alpha value is -2.62. The van der Waals surface area contributed by atoms with Crippen LogP contribution in [0.25, 0.3) is 0 Å². The summed E-state index contributed by atoms with van der Waals surface area (Å²) in [6.07, 6.45) is 0.277. The molecule has 2 aromatic rings. The molecule has 0 spiro atoms. The molecule has 94 valence electrons. The molecule has 0 fully saturated rings. The highest BCUT2D eigenvalue weighted by atomic mass is 16.3. The first kappa shape index (κ1) is 11.5. The molecule has 3 rings (SSSR count). The second kappa shape index (κ2) is 4.57. The van der Waals surface area contributed by atoms with Crippen molar-refractivity contribution in [2.45, 2.75) is 6.42 Å². The number of phenols is 1. The van der Waals surface area contributed by atoms with E-state index in [1.807, 2.05) is 30.3 Å². The molecule has 1 amide bonds. The minimum Gasteiger partial charge on any atom is -0.508 e. The van der Waals surface area contributed by atoms with E-state index < -0.39 is 0 Å². The number of hydrogen-bond donors (Lipinski definition) is 1. The largest absolute Gasteiger partial charge is 0.508 e. The Morgan fingerprint density at radius 3 is 2.37 bits per heavy atom. The second-order valence-corrected chi connectivity index (χ2v) is 4.31. The van der Waals surface area contributed by atoms with Crippen LogP contribution < -0.4 is 5.01 Å². The number of carbonyl (C=O) groups is 1. The zero-order chi connectivity index (χ0) is 13.2. The van der Waals surface area contributed by atoms with Crippen LogP contribution in [0.3, 0.4) is 0 Å². The maximum Gasteiger partial charge on any atom is 0.253 e. The van der Waals surface area contributed by atoms with Gasteiger partial charge in [-0.2, -0.15) is 5.10 Å². The number of hydrazone groups is 1. The highest BCUT2D eigenvalue weighted by Crippen LogP contribution is 2.23. The fraction of sp³-hybridized carbons (Fsp3) is 0.0667. The number of anilines is 1. The number of benzene rings is 2. The first-order chi connectivity index (χ1) is 9.24. The molecule has 1 aliphatic heterocycles. The third-order valence-corrected chi connectivity index (χ3v) is 2.98. The van der Waals surface area contributed by atoms with E-state index in [9.17, 15) is 9.90 Å². The Morgan fingerprint density at radius 1 is 1.00 bits per heavy atom. The molecule has 4 heteroatoms. The van der Waals surface area contributed by atoms with Gasteiger partial charge in [-0.15, -0.1) is 0 Å². The van der Waals surface area contributed by atoms with Crippen molar-refractivity contribution in [2.24, 2.45) is 5.10 Å². The number of phenolic OH excluding ortho intramolecular Hbond substituents is 1. The molecule has 2 aromatic carbocycles. The molecular weight excluding hydrogens is 240 g/mol. The van der Waals surface area contributed by atoms with Gasteiger partial charge in [0.05, 0.1) is 17.8 Å². The van der Waals surface area contributed by atoms with Crippen molar-refractivity contribution in [1.82, 2.24) is 0 Å².